The van der Waals surface area contributed by atoms with E-state index in [4.69, 9.17) is 11.6 Å². The van der Waals surface area contributed by atoms with Crippen LogP contribution in [0.15, 0.2) is 114 Å². The molecule has 0 bridgehead atoms. The molecule has 0 saturated heterocycles. The van der Waals surface area contributed by atoms with Gasteiger partial charge >= 0.3 is 0 Å². The Morgan fingerprint density at radius 1 is 0.825 bits per heavy atom. The first-order chi connectivity index (χ1) is 19.3. The first-order valence-electron chi connectivity index (χ1n) is 12.6. The Bertz CT molecular complexity index is 1540. The average Bonchev–Trinajstić information content (AvgIpc) is 2.95. The zero-order chi connectivity index (χ0) is 28.5. The van der Waals surface area contributed by atoms with Crippen molar-refractivity contribution in [2.75, 3.05) is 10.6 Å². The predicted molar refractivity (Wildman–Crippen MR) is 164 cm³/mol. The van der Waals surface area contributed by atoms with Crippen molar-refractivity contribution in [2.24, 2.45) is 0 Å². The van der Waals surface area contributed by atoms with Crippen LogP contribution in [0.2, 0.25) is 5.02 Å². The number of rotatable bonds is 9. The summed E-state index contributed by atoms with van der Waals surface area (Å²) in [6.45, 7) is 3.71. The molecular weight excluding hydrogens is 542 g/mol. The van der Waals surface area contributed by atoms with Gasteiger partial charge in [0.25, 0.3) is 11.8 Å². The highest BCUT2D eigenvalue weighted by molar-refractivity contribution is 8.00. The number of carbonyl (C=O) groups excluding carboxylic acids is 3. The van der Waals surface area contributed by atoms with E-state index in [0.717, 1.165) is 16.0 Å². The van der Waals surface area contributed by atoms with E-state index < -0.39 is 17.1 Å². The summed E-state index contributed by atoms with van der Waals surface area (Å²) < 4.78 is 0. The van der Waals surface area contributed by atoms with E-state index in [2.05, 4.69) is 16.0 Å². The summed E-state index contributed by atoms with van der Waals surface area (Å²) in [6, 6.07) is 30.5. The van der Waals surface area contributed by atoms with E-state index in [1.165, 1.54) is 11.8 Å². The highest BCUT2D eigenvalue weighted by atomic mass is 35.5. The smallest absolute Gasteiger partial charge is 0.272 e. The minimum absolute atomic E-state index is 0.0998. The Kier molecular flexibility index (Phi) is 9.78. The van der Waals surface area contributed by atoms with Crippen LogP contribution in [-0.2, 0) is 9.59 Å². The summed E-state index contributed by atoms with van der Waals surface area (Å²) in [5.41, 5.74) is 3.41. The molecule has 0 fully saturated rings. The number of hydrogen-bond donors (Lipinski definition) is 3. The number of hydrogen-bond acceptors (Lipinski definition) is 4. The number of nitrogens with one attached hydrogen (secondary N) is 3. The van der Waals surface area contributed by atoms with Gasteiger partial charge < -0.3 is 16.0 Å². The molecule has 0 aliphatic heterocycles. The third-order valence-corrected chi connectivity index (χ3v) is 7.20. The third-order valence-electron chi connectivity index (χ3n) is 5.87. The normalized spacial score (nSPS) is 11.8. The summed E-state index contributed by atoms with van der Waals surface area (Å²) in [7, 11) is 0. The zero-order valence-corrected chi connectivity index (χ0v) is 23.6. The van der Waals surface area contributed by atoms with E-state index in [-0.39, 0.29) is 11.6 Å². The highest BCUT2D eigenvalue weighted by Crippen LogP contribution is 2.28. The minimum Gasteiger partial charge on any atom is -0.325 e. The van der Waals surface area contributed by atoms with Crippen molar-refractivity contribution in [2.45, 2.75) is 24.0 Å². The second-order valence-corrected chi connectivity index (χ2v) is 10.8. The van der Waals surface area contributed by atoms with Gasteiger partial charge in [0, 0.05) is 26.9 Å². The molecule has 0 radical (unpaired) electrons. The van der Waals surface area contributed by atoms with E-state index in [1.54, 1.807) is 60.7 Å². The molecule has 0 aromatic heterocycles. The summed E-state index contributed by atoms with van der Waals surface area (Å²) in [4.78, 5) is 39.8. The van der Waals surface area contributed by atoms with Crippen molar-refractivity contribution < 1.29 is 14.4 Å². The number of thioether (sulfide) groups is 1. The average molecular weight is 570 g/mol. The van der Waals surface area contributed by atoms with Crippen molar-refractivity contribution in [1.82, 2.24) is 5.32 Å². The van der Waals surface area contributed by atoms with Crippen molar-refractivity contribution in [3.05, 3.63) is 131 Å². The molecule has 202 valence electrons. The monoisotopic (exact) mass is 569 g/mol. The van der Waals surface area contributed by atoms with Crippen molar-refractivity contribution in [3.63, 3.8) is 0 Å². The first-order valence-corrected chi connectivity index (χ1v) is 13.8. The summed E-state index contributed by atoms with van der Waals surface area (Å²) in [5, 5.41) is 8.66. The molecule has 6 nitrogen and oxygen atoms in total. The maximum absolute atomic E-state index is 13.3. The molecule has 0 aliphatic rings. The number of aryl methyl sites for hydroxylation is 1. The minimum atomic E-state index is -0.475. The Hall–Kier alpha value is -4.33. The Morgan fingerprint density at radius 3 is 2.25 bits per heavy atom. The molecule has 0 saturated carbocycles. The van der Waals surface area contributed by atoms with Gasteiger partial charge in [-0.05, 0) is 73.5 Å². The summed E-state index contributed by atoms with van der Waals surface area (Å²) >= 11 is 7.44. The second kappa shape index (κ2) is 13.6. The molecule has 0 spiro atoms. The lowest BCUT2D eigenvalue weighted by molar-refractivity contribution is -0.115. The molecule has 3 amide bonds. The summed E-state index contributed by atoms with van der Waals surface area (Å²) in [6.07, 6.45) is 1.62. The maximum Gasteiger partial charge on any atom is 0.272 e. The van der Waals surface area contributed by atoms with Crippen LogP contribution >= 0.6 is 23.4 Å². The molecule has 1 atom stereocenters. The van der Waals surface area contributed by atoms with Crippen LogP contribution in [0, 0.1) is 6.92 Å². The standard InChI is InChI=1S/C32H28ClN3O3S/c1-21-16-17-25(33)19-28(21)35-30(37)22(2)40-27-15-9-14-26(20-27)34-32(39)29(18-23-10-5-3-6-11-23)36-31(38)24-12-7-4-8-13-24/h3-20,22H,1-2H3,(H,34,39)(H,35,37)(H,36,38)/b29-18-. The zero-order valence-electron chi connectivity index (χ0n) is 22.0. The van der Waals surface area contributed by atoms with Crippen LogP contribution in [-0.4, -0.2) is 23.0 Å². The number of anilines is 2. The largest absolute Gasteiger partial charge is 0.325 e. The highest BCUT2D eigenvalue weighted by Gasteiger charge is 2.18. The Balaban J connectivity index is 1.46. The van der Waals surface area contributed by atoms with Gasteiger partial charge in [0.05, 0.1) is 5.25 Å². The van der Waals surface area contributed by atoms with Crippen molar-refractivity contribution in [1.29, 1.82) is 0 Å². The molecule has 8 heteroatoms. The fraction of sp³-hybridized carbons (Fsp3) is 0.0938. The van der Waals surface area contributed by atoms with E-state index >= 15 is 0 Å². The van der Waals surface area contributed by atoms with Crippen LogP contribution in [0.4, 0.5) is 11.4 Å². The van der Waals surface area contributed by atoms with Crippen LogP contribution in [0.25, 0.3) is 6.08 Å². The lowest BCUT2D eigenvalue weighted by atomic mass is 10.1. The Morgan fingerprint density at radius 2 is 1.52 bits per heavy atom. The van der Waals surface area contributed by atoms with Gasteiger partial charge in [-0.15, -0.1) is 11.8 Å². The van der Waals surface area contributed by atoms with Gasteiger partial charge in [-0.2, -0.15) is 0 Å². The van der Waals surface area contributed by atoms with Crippen LogP contribution in [0.3, 0.4) is 0 Å². The molecule has 3 N–H and O–H groups in total. The lowest BCUT2D eigenvalue weighted by Crippen LogP contribution is -2.30. The third kappa shape index (κ3) is 8.09. The van der Waals surface area contributed by atoms with Gasteiger partial charge in [0.2, 0.25) is 5.91 Å². The topological polar surface area (TPSA) is 87.3 Å². The molecule has 4 rings (SSSR count). The van der Waals surface area contributed by atoms with Crippen LogP contribution < -0.4 is 16.0 Å². The maximum atomic E-state index is 13.3. The molecule has 40 heavy (non-hydrogen) atoms. The number of carbonyl (C=O) groups is 3. The van der Waals surface area contributed by atoms with Gasteiger partial charge in [0.1, 0.15) is 5.70 Å². The summed E-state index contributed by atoms with van der Waals surface area (Å²) in [5.74, 6) is -1.03. The van der Waals surface area contributed by atoms with Crippen LogP contribution in [0.5, 0.6) is 0 Å². The van der Waals surface area contributed by atoms with Crippen LogP contribution in [0.1, 0.15) is 28.4 Å². The number of halogens is 1. The van der Waals surface area contributed by atoms with Gasteiger partial charge in [-0.1, -0.05) is 72.3 Å². The Labute approximate surface area is 242 Å². The van der Waals surface area contributed by atoms with Crippen molar-refractivity contribution >= 4 is 58.5 Å². The SMILES string of the molecule is Cc1ccc(Cl)cc1NC(=O)C(C)Sc1cccc(NC(=O)/C(=C/c2ccccc2)NC(=O)c2ccccc2)c1. The van der Waals surface area contributed by atoms with Crippen molar-refractivity contribution in [3.8, 4) is 0 Å². The fourth-order valence-electron chi connectivity index (χ4n) is 3.72. The van der Waals surface area contributed by atoms with Gasteiger partial charge in [-0.3, -0.25) is 14.4 Å². The molecule has 4 aromatic rings. The molecule has 0 heterocycles. The van der Waals surface area contributed by atoms with Gasteiger partial charge in [-0.25, -0.2) is 0 Å². The van der Waals surface area contributed by atoms with E-state index in [9.17, 15) is 14.4 Å². The molecule has 0 aliphatic carbocycles. The molecular formula is C32H28ClN3O3S. The predicted octanol–water partition coefficient (Wildman–Crippen LogP) is 7.18. The number of benzene rings is 4. The lowest BCUT2D eigenvalue weighted by Gasteiger charge is -2.15. The molecule has 1 unspecified atom stereocenters. The fourth-order valence-corrected chi connectivity index (χ4v) is 4.82. The number of amides is 3. The second-order valence-electron chi connectivity index (χ2n) is 8.98. The van der Waals surface area contributed by atoms with Gasteiger partial charge in [0.15, 0.2) is 0 Å². The van der Waals surface area contributed by atoms with E-state index in [1.807, 2.05) is 62.4 Å². The van der Waals surface area contributed by atoms with E-state index in [0.29, 0.717) is 22.0 Å². The quantitative estimate of drug-likeness (QED) is 0.147. The molecule has 4 aromatic carbocycles. The first kappa shape index (κ1) is 28.7.